The van der Waals surface area contributed by atoms with Crippen LogP contribution in [0.15, 0.2) is 45.7 Å². The molecule has 0 atom stereocenters. The van der Waals surface area contributed by atoms with Crippen molar-refractivity contribution in [3.8, 4) is 11.5 Å². The average Bonchev–Trinajstić information content (AvgIpc) is 3.23. The van der Waals surface area contributed by atoms with Gasteiger partial charge in [-0.05, 0) is 24.3 Å². The van der Waals surface area contributed by atoms with Crippen LogP contribution in [0.4, 0.5) is 11.0 Å². The van der Waals surface area contributed by atoms with Crippen LogP contribution in [0.3, 0.4) is 0 Å². The molecule has 10 nitrogen and oxygen atoms in total. The largest absolute Gasteiger partial charge is 0.403 e. The summed E-state index contributed by atoms with van der Waals surface area (Å²) in [6, 6.07) is 8.22. The Balaban J connectivity index is 1.79. The number of aromatic nitrogens is 2. The van der Waals surface area contributed by atoms with E-state index in [1.807, 2.05) is 0 Å². The fourth-order valence-electron chi connectivity index (χ4n) is 1.96. The highest BCUT2D eigenvalue weighted by Gasteiger charge is 2.18. The van der Waals surface area contributed by atoms with Gasteiger partial charge in [0.25, 0.3) is 5.91 Å². The molecule has 2 heterocycles. The number of nitrogens with zero attached hydrogens (tertiary/aromatic N) is 3. The Morgan fingerprint density at radius 2 is 2.04 bits per heavy atom. The van der Waals surface area contributed by atoms with E-state index in [2.05, 4.69) is 15.5 Å². The first-order valence-corrected chi connectivity index (χ1v) is 9.64. The molecule has 1 amide bonds. The van der Waals surface area contributed by atoms with Crippen LogP contribution in [0.2, 0.25) is 0 Å². The van der Waals surface area contributed by atoms with Crippen molar-refractivity contribution in [3.05, 3.63) is 51.4 Å². The summed E-state index contributed by atoms with van der Waals surface area (Å²) in [6.45, 7) is 0. The smallest absolute Gasteiger partial charge is 0.324 e. The minimum absolute atomic E-state index is 0.0166. The zero-order chi connectivity index (χ0) is 18.9. The van der Waals surface area contributed by atoms with E-state index in [0.717, 1.165) is 6.26 Å². The number of sulfone groups is 1. The van der Waals surface area contributed by atoms with Gasteiger partial charge in [-0.25, -0.2) is 8.42 Å². The van der Waals surface area contributed by atoms with Gasteiger partial charge >= 0.3 is 11.0 Å². The lowest BCUT2D eigenvalue weighted by atomic mass is 10.2. The number of carbonyl (C=O) groups excluding carboxylic acids is 1. The molecule has 1 N–H and O–H groups in total. The molecule has 2 aromatic heterocycles. The van der Waals surface area contributed by atoms with E-state index < -0.39 is 20.7 Å². The van der Waals surface area contributed by atoms with E-state index in [4.69, 9.17) is 4.42 Å². The molecule has 0 aliphatic rings. The van der Waals surface area contributed by atoms with Crippen molar-refractivity contribution in [1.29, 1.82) is 0 Å². The van der Waals surface area contributed by atoms with Crippen molar-refractivity contribution in [3.63, 3.8) is 0 Å². The first kappa shape index (κ1) is 17.7. The Hall–Kier alpha value is -3.12. The van der Waals surface area contributed by atoms with E-state index in [9.17, 15) is 23.3 Å². The molecule has 0 aliphatic carbocycles. The molecule has 0 aliphatic heterocycles. The van der Waals surface area contributed by atoms with E-state index in [-0.39, 0.29) is 26.7 Å². The molecular formula is C14H10N4O6S2. The van der Waals surface area contributed by atoms with Gasteiger partial charge in [-0.1, -0.05) is 22.5 Å². The monoisotopic (exact) mass is 394 g/mol. The molecule has 12 heteroatoms. The van der Waals surface area contributed by atoms with Crippen molar-refractivity contribution < 1.29 is 22.6 Å². The molecule has 0 saturated carbocycles. The molecule has 0 saturated heterocycles. The molecule has 0 unspecified atom stereocenters. The third kappa shape index (κ3) is 3.75. The van der Waals surface area contributed by atoms with Crippen molar-refractivity contribution in [2.24, 2.45) is 0 Å². The van der Waals surface area contributed by atoms with Gasteiger partial charge in [0.15, 0.2) is 9.84 Å². The topological polar surface area (TPSA) is 145 Å². The van der Waals surface area contributed by atoms with Gasteiger partial charge < -0.3 is 4.42 Å². The van der Waals surface area contributed by atoms with Crippen molar-refractivity contribution in [1.82, 2.24) is 10.2 Å². The Morgan fingerprint density at radius 1 is 1.27 bits per heavy atom. The number of nitrogens with one attached hydrogen (secondary N) is 1. The summed E-state index contributed by atoms with van der Waals surface area (Å²) in [6.07, 6.45) is 1.08. The molecule has 0 radical (unpaired) electrons. The summed E-state index contributed by atoms with van der Waals surface area (Å²) >= 11 is 0.709. The maximum Gasteiger partial charge on any atom is 0.324 e. The standard InChI is InChI=1S/C14H10N4O6S2/c1-26(22,23)9-4-2-3-8(7-9)13-16-17-14(24-13)15-12(19)10-5-6-11(25-10)18(20)21/h2-7H,1H3,(H,15,17,19). The van der Waals surface area contributed by atoms with Gasteiger partial charge in [-0.15, -0.1) is 5.10 Å². The van der Waals surface area contributed by atoms with Crippen molar-refractivity contribution in [2.45, 2.75) is 4.90 Å². The van der Waals surface area contributed by atoms with Crippen LogP contribution < -0.4 is 5.32 Å². The number of thiophene rings is 1. The normalized spacial score (nSPS) is 11.3. The summed E-state index contributed by atoms with van der Waals surface area (Å²) in [4.78, 5) is 22.3. The van der Waals surface area contributed by atoms with Crippen LogP contribution in [0, 0.1) is 10.1 Å². The summed E-state index contributed by atoms with van der Waals surface area (Å²) in [5.74, 6) is -0.619. The second-order valence-corrected chi connectivity index (χ2v) is 8.14. The quantitative estimate of drug-likeness (QED) is 0.512. The summed E-state index contributed by atoms with van der Waals surface area (Å²) in [5.41, 5.74) is 0.368. The number of hydrogen-bond donors (Lipinski definition) is 1. The van der Waals surface area contributed by atoms with Crippen LogP contribution in [0.5, 0.6) is 0 Å². The third-order valence-corrected chi connectivity index (χ3v) is 5.30. The number of hydrogen-bond acceptors (Lipinski definition) is 9. The average molecular weight is 394 g/mol. The molecular weight excluding hydrogens is 384 g/mol. The van der Waals surface area contributed by atoms with Crippen LogP contribution in [-0.2, 0) is 9.84 Å². The number of amides is 1. The zero-order valence-electron chi connectivity index (χ0n) is 13.1. The van der Waals surface area contributed by atoms with Crippen molar-refractivity contribution in [2.75, 3.05) is 11.6 Å². The Kier molecular flexibility index (Phi) is 4.52. The number of benzene rings is 1. The van der Waals surface area contributed by atoms with Crippen LogP contribution in [0.25, 0.3) is 11.5 Å². The first-order chi connectivity index (χ1) is 12.2. The fourth-order valence-corrected chi connectivity index (χ4v) is 3.34. The van der Waals surface area contributed by atoms with Crippen molar-refractivity contribution >= 4 is 38.1 Å². The lowest BCUT2D eigenvalue weighted by molar-refractivity contribution is -0.380. The molecule has 0 fully saturated rings. The zero-order valence-corrected chi connectivity index (χ0v) is 14.7. The number of nitro groups is 1. The minimum atomic E-state index is -3.40. The molecule has 1 aromatic carbocycles. The maximum absolute atomic E-state index is 12.1. The number of carbonyl (C=O) groups is 1. The SMILES string of the molecule is CS(=O)(=O)c1cccc(-c2nnc(NC(=O)c3ccc([N+](=O)[O-])s3)o2)c1. The minimum Gasteiger partial charge on any atom is -0.403 e. The Bertz CT molecular complexity index is 1100. The highest BCUT2D eigenvalue weighted by Crippen LogP contribution is 2.26. The second kappa shape index (κ2) is 6.65. The second-order valence-electron chi connectivity index (χ2n) is 5.06. The van der Waals surface area contributed by atoms with E-state index >= 15 is 0 Å². The fraction of sp³-hybridized carbons (Fsp3) is 0.0714. The number of anilines is 1. The van der Waals surface area contributed by atoms with E-state index in [0.29, 0.717) is 16.9 Å². The maximum atomic E-state index is 12.1. The molecule has 3 aromatic rings. The van der Waals surface area contributed by atoms with Crippen LogP contribution in [0.1, 0.15) is 9.67 Å². The highest BCUT2D eigenvalue weighted by molar-refractivity contribution is 7.90. The highest BCUT2D eigenvalue weighted by atomic mass is 32.2. The first-order valence-electron chi connectivity index (χ1n) is 6.93. The van der Waals surface area contributed by atoms with Gasteiger partial charge in [-0.3, -0.25) is 20.2 Å². The summed E-state index contributed by atoms with van der Waals surface area (Å²) in [5, 5.41) is 20.2. The van der Waals surface area contributed by atoms with E-state index in [1.54, 1.807) is 6.07 Å². The van der Waals surface area contributed by atoms with Crippen LogP contribution >= 0.6 is 11.3 Å². The Labute approximate surface area is 150 Å². The van der Waals surface area contributed by atoms with Gasteiger partial charge in [0, 0.05) is 17.9 Å². The van der Waals surface area contributed by atoms with Gasteiger partial charge in [0.2, 0.25) is 5.89 Å². The van der Waals surface area contributed by atoms with Gasteiger partial charge in [0.05, 0.1) is 14.7 Å². The molecule has 0 spiro atoms. The molecule has 26 heavy (non-hydrogen) atoms. The summed E-state index contributed by atoms with van der Waals surface area (Å²) < 4.78 is 28.5. The lowest BCUT2D eigenvalue weighted by Crippen LogP contribution is -2.10. The molecule has 134 valence electrons. The molecule has 0 bridgehead atoms. The van der Waals surface area contributed by atoms with Gasteiger partial charge in [-0.2, -0.15) is 0 Å². The van der Waals surface area contributed by atoms with Crippen LogP contribution in [-0.4, -0.2) is 35.7 Å². The third-order valence-electron chi connectivity index (χ3n) is 3.15. The Morgan fingerprint density at radius 3 is 2.69 bits per heavy atom. The predicted molar refractivity (Wildman–Crippen MR) is 91.8 cm³/mol. The van der Waals surface area contributed by atoms with E-state index in [1.165, 1.54) is 30.3 Å². The summed E-state index contributed by atoms with van der Waals surface area (Å²) in [7, 11) is -3.40. The lowest BCUT2D eigenvalue weighted by Gasteiger charge is -2.00. The predicted octanol–water partition coefficient (Wildman–Crippen LogP) is 2.36. The van der Waals surface area contributed by atoms with Gasteiger partial charge in [0.1, 0.15) is 0 Å². The number of rotatable bonds is 5. The molecule has 3 rings (SSSR count).